The molecule has 2 heterocycles. The van der Waals surface area contributed by atoms with Crippen LogP contribution in [0.25, 0.3) is 0 Å². The summed E-state index contributed by atoms with van der Waals surface area (Å²) in [5, 5.41) is 4.14. The molecule has 4 rings (SSSR count). The first-order valence-electron chi connectivity index (χ1n) is 9.96. The number of fused-ring (bicyclic) bond motifs is 1. The van der Waals surface area contributed by atoms with Crippen LogP contribution >= 0.6 is 0 Å². The number of amides is 1. The molecule has 0 spiro atoms. The van der Waals surface area contributed by atoms with Crippen LogP contribution in [-0.2, 0) is 19.2 Å². The van der Waals surface area contributed by atoms with Crippen LogP contribution in [0, 0.1) is 5.92 Å². The molecule has 0 bridgehead atoms. The summed E-state index contributed by atoms with van der Waals surface area (Å²) in [6, 6.07) is 9.38. The molecule has 1 saturated carbocycles. The lowest BCUT2D eigenvalue weighted by molar-refractivity contribution is -0.158. The maximum Gasteiger partial charge on any atom is 0.328 e. The lowest BCUT2D eigenvalue weighted by Crippen LogP contribution is -2.50. The van der Waals surface area contributed by atoms with Gasteiger partial charge in [-0.3, -0.25) is 4.79 Å². The predicted octanol–water partition coefficient (Wildman–Crippen LogP) is 2.90. The minimum absolute atomic E-state index is 0.116. The topological polar surface area (TPSA) is 68.2 Å². The third kappa shape index (κ3) is 3.45. The van der Waals surface area contributed by atoms with Crippen molar-refractivity contribution in [2.75, 3.05) is 6.61 Å². The van der Waals surface area contributed by atoms with Gasteiger partial charge in [0.15, 0.2) is 0 Å². The van der Waals surface area contributed by atoms with Crippen LogP contribution < -0.4 is 0 Å². The highest BCUT2D eigenvalue weighted by Crippen LogP contribution is 2.41. The van der Waals surface area contributed by atoms with Gasteiger partial charge in [0.05, 0.1) is 12.3 Å². The number of esters is 1. The number of rotatable bonds is 4. The Labute approximate surface area is 159 Å². The molecule has 1 aromatic carbocycles. The Bertz CT molecular complexity index is 733. The number of ether oxygens (including phenoxy) is 1. The minimum Gasteiger partial charge on any atom is -0.464 e. The van der Waals surface area contributed by atoms with E-state index < -0.39 is 12.1 Å². The molecule has 0 radical (unpaired) electrons. The molecule has 0 unspecified atom stereocenters. The molecule has 6 heteroatoms. The number of hydrogen-bond donors (Lipinski definition) is 0. The van der Waals surface area contributed by atoms with Gasteiger partial charge in [0, 0.05) is 12.5 Å². The van der Waals surface area contributed by atoms with Gasteiger partial charge in [-0.1, -0.05) is 48.3 Å². The van der Waals surface area contributed by atoms with Crippen molar-refractivity contribution in [3.05, 3.63) is 35.9 Å². The second-order valence-corrected chi connectivity index (χ2v) is 7.56. The zero-order chi connectivity index (χ0) is 18.8. The number of carbonyl (C=O) groups excluding carboxylic acids is 2. The second-order valence-electron chi connectivity index (χ2n) is 7.56. The number of hydrogen-bond acceptors (Lipinski definition) is 5. The third-order valence-electron chi connectivity index (χ3n) is 5.95. The number of likely N-dealkylation sites (tertiary alicyclic amines) is 1. The van der Waals surface area contributed by atoms with Crippen molar-refractivity contribution in [1.82, 2.24) is 4.90 Å². The van der Waals surface area contributed by atoms with Crippen molar-refractivity contribution in [3.63, 3.8) is 0 Å². The molecule has 4 atom stereocenters. The molecule has 1 aromatic rings. The Hall–Kier alpha value is -2.37. The van der Waals surface area contributed by atoms with Crippen molar-refractivity contribution in [3.8, 4) is 0 Å². The highest BCUT2D eigenvalue weighted by Gasteiger charge is 2.50. The van der Waals surface area contributed by atoms with Gasteiger partial charge in [0.2, 0.25) is 6.10 Å². The third-order valence-corrected chi connectivity index (χ3v) is 5.95. The molecule has 0 aromatic heterocycles. The molecule has 1 saturated heterocycles. The Balaban J connectivity index is 1.51. The van der Waals surface area contributed by atoms with E-state index in [0.29, 0.717) is 25.4 Å². The molecule has 1 amide bonds. The van der Waals surface area contributed by atoms with Crippen LogP contribution in [0.15, 0.2) is 35.5 Å². The fraction of sp³-hybridized carbons (Fsp3) is 0.571. The predicted molar refractivity (Wildman–Crippen MR) is 100 cm³/mol. The summed E-state index contributed by atoms with van der Waals surface area (Å²) < 4.78 is 5.26. The van der Waals surface area contributed by atoms with Crippen LogP contribution in [0.4, 0.5) is 0 Å². The van der Waals surface area contributed by atoms with E-state index in [4.69, 9.17) is 9.57 Å². The number of nitrogens with zero attached hydrogens (tertiary/aromatic N) is 2. The molecule has 2 aliphatic heterocycles. The number of benzene rings is 1. The minimum atomic E-state index is -0.655. The summed E-state index contributed by atoms with van der Waals surface area (Å²) in [5.74, 6) is -0.0346. The molecule has 2 fully saturated rings. The van der Waals surface area contributed by atoms with E-state index in [1.807, 2.05) is 30.3 Å². The maximum atomic E-state index is 13.3. The zero-order valence-corrected chi connectivity index (χ0v) is 15.7. The van der Waals surface area contributed by atoms with Gasteiger partial charge < -0.3 is 14.5 Å². The Morgan fingerprint density at radius 2 is 2.00 bits per heavy atom. The van der Waals surface area contributed by atoms with Gasteiger partial charge >= 0.3 is 5.97 Å². The number of oxime groups is 1. The van der Waals surface area contributed by atoms with Gasteiger partial charge in [-0.25, -0.2) is 4.79 Å². The van der Waals surface area contributed by atoms with Crippen molar-refractivity contribution in [2.45, 2.75) is 63.6 Å². The first-order chi connectivity index (χ1) is 13.2. The molecule has 1 aliphatic carbocycles. The Morgan fingerprint density at radius 3 is 2.78 bits per heavy atom. The van der Waals surface area contributed by atoms with E-state index in [9.17, 15) is 9.59 Å². The molecule has 144 valence electrons. The van der Waals surface area contributed by atoms with Crippen LogP contribution in [0.3, 0.4) is 0 Å². The fourth-order valence-electron chi connectivity index (χ4n) is 4.70. The van der Waals surface area contributed by atoms with Gasteiger partial charge in [-0.15, -0.1) is 0 Å². The smallest absolute Gasteiger partial charge is 0.328 e. The first kappa shape index (κ1) is 18.0. The van der Waals surface area contributed by atoms with Gasteiger partial charge in [-0.05, 0) is 37.7 Å². The van der Waals surface area contributed by atoms with E-state index in [-0.39, 0.29) is 17.9 Å². The lowest BCUT2D eigenvalue weighted by atomic mass is 9.84. The van der Waals surface area contributed by atoms with E-state index in [0.717, 1.165) is 30.5 Å². The van der Waals surface area contributed by atoms with Crippen LogP contribution in [0.1, 0.15) is 51.0 Å². The average Bonchev–Trinajstić information content (AvgIpc) is 3.34. The summed E-state index contributed by atoms with van der Waals surface area (Å²) in [4.78, 5) is 33.1. The van der Waals surface area contributed by atoms with Gasteiger partial charge in [-0.2, -0.15) is 0 Å². The summed E-state index contributed by atoms with van der Waals surface area (Å²) in [6.07, 6.45) is 4.77. The van der Waals surface area contributed by atoms with Crippen molar-refractivity contribution in [2.24, 2.45) is 11.1 Å². The monoisotopic (exact) mass is 370 g/mol. The summed E-state index contributed by atoms with van der Waals surface area (Å²) in [6.45, 7) is 2.13. The second kappa shape index (κ2) is 7.71. The molecule has 27 heavy (non-hydrogen) atoms. The van der Waals surface area contributed by atoms with Gasteiger partial charge in [0.25, 0.3) is 5.91 Å². The summed E-state index contributed by atoms with van der Waals surface area (Å²) >= 11 is 0. The lowest BCUT2D eigenvalue weighted by Gasteiger charge is -2.34. The summed E-state index contributed by atoms with van der Waals surface area (Å²) in [7, 11) is 0. The van der Waals surface area contributed by atoms with Crippen molar-refractivity contribution < 1.29 is 19.2 Å². The van der Waals surface area contributed by atoms with Crippen molar-refractivity contribution >= 4 is 17.6 Å². The Kier molecular flexibility index (Phi) is 5.14. The number of carbonyl (C=O) groups is 2. The highest BCUT2D eigenvalue weighted by atomic mass is 16.6. The standard InChI is InChI=1S/C21H26N2O4/c1-2-26-21(25)18-12-15-10-6-7-11-17(15)23(18)20(24)19-13-16(22-27-19)14-8-4-3-5-9-14/h3-5,8-9,15,17-19H,2,6-7,10-13H2,1H3/t15-,17-,18-,19+/m0/s1. The van der Waals surface area contributed by atoms with E-state index in [2.05, 4.69) is 5.16 Å². The highest BCUT2D eigenvalue weighted by molar-refractivity contribution is 6.04. The van der Waals surface area contributed by atoms with Gasteiger partial charge in [0.1, 0.15) is 6.04 Å². The fourth-order valence-corrected chi connectivity index (χ4v) is 4.70. The van der Waals surface area contributed by atoms with Crippen molar-refractivity contribution in [1.29, 1.82) is 0 Å². The molecular formula is C21H26N2O4. The van der Waals surface area contributed by atoms with E-state index in [1.54, 1.807) is 11.8 Å². The Morgan fingerprint density at radius 1 is 1.22 bits per heavy atom. The van der Waals surface area contributed by atoms with Crippen LogP contribution in [0.5, 0.6) is 0 Å². The molecule has 6 nitrogen and oxygen atoms in total. The molecule has 0 N–H and O–H groups in total. The quantitative estimate of drug-likeness (QED) is 0.764. The average molecular weight is 370 g/mol. The maximum absolute atomic E-state index is 13.3. The SMILES string of the molecule is CCOC(=O)[C@@H]1C[C@@H]2CCCC[C@@H]2N1C(=O)[C@H]1CC(c2ccccc2)=NO1. The van der Waals surface area contributed by atoms with E-state index in [1.165, 1.54) is 6.42 Å². The zero-order valence-electron chi connectivity index (χ0n) is 15.7. The molecular weight excluding hydrogens is 344 g/mol. The largest absolute Gasteiger partial charge is 0.464 e. The van der Waals surface area contributed by atoms with Crippen LogP contribution in [0.2, 0.25) is 0 Å². The van der Waals surface area contributed by atoms with Crippen LogP contribution in [-0.4, -0.2) is 47.3 Å². The molecule has 3 aliphatic rings. The normalized spacial score (nSPS) is 29.7. The summed E-state index contributed by atoms with van der Waals surface area (Å²) in [5.41, 5.74) is 1.74. The first-order valence-corrected chi connectivity index (χ1v) is 9.96. The van der Waals surface area contributed by atoms with E-state index >= 15 is 0 Å².